The van der Waals surface area contributed by atoms with E-state index in [4.69, 9.17) is 32.9 Å². The van der Waals surface area contributed by atoms with Crippen LogP contribution in [0.15, 0.2) is 48.5 Å². The number of nitrogens with zero attached hydrogens (tertiary/aromatic N) is 2. The summed E-state index contributed by atoms with van der Waals surface area (Å²) in [6.45, 7) is 4.63. The third-order valence-electron chi connectivity index (χ3n) is 4.39. The van der Waals surface area contributed by atoms with Crippen molar-refractivity contribution >= 4 is 23.2 Å². The Hall–Kier alpha value is -2.54. The fourth-order valence-corrected chi connectivity index (χ4v) is 3.34. The van der Waals surface area contributed by atoms with Crippen LogP contribution in [0.5, 0.6) is 5.88 Å². The van der Waals surface area contributed by atoms with E-state index in [0.717, 1.165) is 35.1 Å². The first-order chi connectivity index (χ1) is 13.5. The lowest BCUT2D eigenvalue weighted by molar-refractivity contribution is 0.297. The van der Waals surface area contributed by atoms with Crippen molar-refractivity contribution in [2.45, 2.75) is 26.7 Å². The quantitative estimate of drug-likeness (QED) is 0.407. The number of hydrogen-bond acceptors (Lipinski definition) is 3. The minimum Gasteiger partial charge on any atom is -0.477 e. The first-order valence-corrected chi connectivity index (χ1v) is 9.89. The van der Waals surface area contributed by atoms with Gasteiger partial charge in [-0.1, -0.05) is 66.4 Å². The summed E-state index contributed by atoms with van der Waals surface area (Å²) >= 11 is 12.5. The van der Waals surface area contributed by atoms with Gasteiger partial charge in [-0.3, -0.25) is 0 Å². The standard InChI is InChI=1S/C23H20Cl2N2O/c1-3-4-11-28-23-17(14-26)12-20(16-7-5-15(2)6-8-16)22(27-23)19-10-9-18(24)13-21(19)25/h5-10,12-13H,3-4,11H2,1-2H3. The van der Waals surface area contributed by atoms with Gasteiger partial charge in [-0.05, 0) is 43.2 Å². The van der Waals surface area contributed by atoms with Gasteiger partial charge in [0.15, 0.2) is 0 Å². The minimum absolute atomic E-state index is 0.327. The molecule has 0 aliphatic carbocycles. The Balaban J connectivity index is 2.21. The molecule has 0 fully saturated rings. The molecule has 0 saturated heterocycles. The van der Waals surface area contributed by atoms with Crippen molar-refractivity contribution in [3.05, 3.63) is 69.7 Å². The topological polar surface area (TPSA) is 45.9 Å². The molecule has 0 spiro atoms. The zero-order valence-electron chi connectivity index (χ0n) is 15.8. The van der Waals surface area contributed by atoms with Gasteiger partial charge in [-0.2, -0.15) is 5.26 Å². The Kier molecular flexibility index (Phi) is 6.57. The van der Waals surface area contributed by atoms with Crippen LogP contribution in [0.1, 0.15) is 30.9 Å². The summed E-state index contributed by atoms with van der Waals surface area (Å²) in [6.07, 6.45) is 1.89. The number of aryl methyl sites for hydroxylation is 1. The van der Waals surface area contributed by atoms with E-state index >= 15 is 0 Å². The average Bonchev–Trinajstić information content (AvgIpc) is 2.69. The molecule has 3 nitrogen and oxygen atoms in total. The SMILES string of the molecule is CCCCOc1nc(-c2ccc(Cl)cc2Cl)c(-c2ccc(C)cc2)cc1C#N. The van der Waals surface area contributed by atoms with Crippen molar-refractivity contribution in [1.29, 1.82) is 5.26 Å². The molecule has 3 aromatic rings. The Morgan fingerprint density at radius 2 is 1.79 bits per heavy atom. The second-order valence-electron chi connectivity index (χ2n) is 6.54. The predicted octanol–water partition coefficient (Wildman–Crippen LogP) is 7.08. The third kappa shape index (κ3) is 4.47. The second-order valence-corrected chi connectivity index (χ2v) is 7.38. The number of nitriles is 1. The molecule has 5 heteroatoms. The Morgan fingerprint density at radius 3 is 2.43 bits per heavy atom. The number of hydrogen-bond donors (Lipinski definition) is 0. The van der Waals surface area contributed by atoms with Gasteiger partial charge in [0.25, 0.3) is 0 Å². The summed E-state index contributed by atoms with van der Waals surface area (Å²) in [5.74, 6) is 0.327. The Labute approximate surface area is 175 Å². The van der Waals surface area contributed by atoms with Gasteiger partial charge in [0.1, 0.15) is 11.6 Å². The third-order valence-corrected chi connectivity index (χ3v) is 4.94. The van der Waals surface area contributed by atoms with Crippen molar-refractivity contribution < 1.29 is 4.74 Å². The largest absolute Gasteiger partial charge is 0.477 e. The number of halogens is 2. The molecular formula is C23H20Cl2N2O. The van der Waals surface area contributed by atoms with Crippen molar-refractivity contribution in [3.63, 3.8) is 0 Å². The van der Waals surface area contributed by atoms with Gasteiger partial charge in [-0.15, -0.1) is 0 Å². The van der Waals surface area contributed by atoms with E-state index in [-0.39, 0.29) is 0 Å². The maximum atomic E-state index is 9.63. The molecule has 1 heterocycles. The highest BCUT2D eigenvalue weighted by atomic mass is 35.5. The average molecular weight is 411 g/mol. The van der Waals surface area contributed by atoms with Gasteiger partial charge >= 0.3 is 0 Å². The highest BCUT2D eigenvalue weighted by molar-refractivity contribution is 6.36. The van der Waals surface area contributed by atoms with Crippen molar-refractivity contribution in [1.82, 2.24) is 4.98 Å². The van der Waals surface area contributed by atoms with Gasteiger partial charge in [-0.25, -0.2) is 4.98 Å². The summed E-state index contributed by atoms with van der Waals surface area (Å²) in [4.78, 5) is 4.70. The summed E-state index contributed by atoms with van der Waals surface area (Å²) in [5, 5.41) is 10.7. The number of unbranched alkanes of at least 4 members (excludes halogenated alkanes) is 1. The molecule has 2 aromatic carbocycles. The van der Waals surface area contributed by atoms with Crippen LogP contribution in [-0.2, 0) is 0 Å². The summed E-state index contributed by atoms with van der Waals surface area (Å²) in [7, 11) is 0. The lowest BCUT2D eigenvalue weighted by Gasteiger charge is -2.15. The van der Waals surface area contributed by atoms with Crippen LogP contribution in [0.3, 0.4) is 0 Å². The molecule has 0 unspecified atom stereocenters. The normalized spacial score (nSPS) is 10.5. The molecule has 0 N–H and O–H groups in total. The molecular weight excluding hydrogens is 391 g/mol. The number of benzene rings is 2. The van der Waals surface area contributed by atoms with Crippen LogP contribution in [0, 0.1) is 18.3 Å². The molecule has 1 aromatic heterocycles. The van der Waals surface area contributed by atoms with Gasteiger partial charge in [0, 0.05) is 16.1 Å². The molecule has 0 bridgehead atoms. The number of ether oxygens (including phenoxy) is 1. The van der Waals surface area contributed by atoms with Gasteiger partial charge in [0.05, 0.1) is 17.3 Å². The fourth-order valence-electron chi connectivity index (χ4n) is 2.84. The molecule has 0 atom stereocenters. The minimum atomic E-state index is 0.327. The van der Waals surface area contributed by atoms with E-state index in [1.54, 1.807) is 12.1 Å². The monoisotopic (exact) mass is 410 g/mol. The van der Waals surface area contributed by atoms with Crippen molar-refractivity contribution in [2.75, 3.05) is 6.61 Å². The van der Waals surface area contributed by atoms with E-state index in [1.165, 1.54) is 0 Å². The fraction of sp³-hybridized carbons (Fsp3) is 0.217. The molecule has 0 saturated carbocycles. The molecule has 0 aliphatic rings. The lowest BCUT2D eigenvalue weighted by Crippen LogP contribution is -2.03. The van der Waals surface area contributed by atoms with Crippen LogP contribution >= 0.6 is 23.2 Å². The molecule has 28 heavy (non-hydrogen) atoms. The van der Waals surface area contributed by atoms with E-state index in [2.05, 4.69) is 13.0 Å². The number of rotatable bonds is 6. The van der Waals surface area contributed by atoms with E-state index < -0.39 is 0 Å². The number of aromatic nitrogens is 1. The van der Waals surface area contributed by atoms with E-state index in [1.807, 2.05) is 43.3 Å². The predicted molar refractivity (Wildman–Crippen MR) is 115 cm³/mol. The Morgan fingerprint density at radius 1 is 1.04 bits per heavy atom. The summed E-state index contributed by atoms with van der Waals surface area (Å²) < 4.78 is 5.80. The zero-order chi connectivity index (χ0) is 20.1. The highest BCUT2D eigenvalue weighted by Gasteiger charge is 2.18. The van der Waals surface area contributed by atoms with E-state index in [0.29, 0.717) is 33.8 Å². The van der Waals surface area contributed by atoms with Crippen molar-refractivity contribution in [2.24, 2.45) is 0 Å². The molecule has 0 aliphatic heterocycles. The zero-order valence-corrected chi connectivity index (χ0v) is 17.3. The second kappa shape index (κ2) is 9.10. The Bertz CT molecular complexity index is 1020. The first kappa shape index (κ1) is 20.2. The first-order valence-electron chi connectivity index (χ1n) is 9.14. The summed E-state index contributed by atoms with van der Waals surface area (Å²) in [5.41, 5.74) is 4.74. The molecule has 0 radical (unpaired) electrons. The van der Waals surface area contributed by atoms with Gasteiger partial charge < -0.3 is 4.74 Å². The van der Waals surface area contributed by atoms with Crippen LogP contribution in [0.25, 0.3) is 22.4 Å². The lowest BCUT2D eigenvalue weighted by atomic mass is 9.97. The van der Waals surface area contributed by atoms with Crippen LogP contribution in [-0.4, -0.2) is 11.6 Å². The smallest absolute Gasteiger partial charge is 0.232 e. The van der Waals surface area contributed by atoms with Crippen LogP contribution in [0.2, 0.25) is 10.0 Å². The molecule has 3 rings (SSSR count). The number of pyridine rings is 1. The van der Waals surface area contributed by atoms with Gasteiger partial charge in [0.2, 0.25) is 5.88 Å². The molecule has 0 amide bonds. The highest BCUT2D eigenvalue weighted by Crippen LogP contribution is 2.38. The van der Waals surface area contributed by atoms with E-state index in [9.17, 15) is 5.26 Å². The molecule has 142 valence electrons. The van der Waals surface area contributed by atoms with Crippen molar-refractivity contribution in [3.8, 4) is 34.3 Å². The van der Waals surface area contributed by atoms with Crippen LogP contribution < -0.4 is 4.74 Å². The maximum Gasteiger partial charge on any atom is 0.232 e. The summed E-state index contributed by atoms with van der Waals surface area (Å²) in [6, 6.07) is 17.4. The maximum absolute atomic E-state index is 9.63. The van der Waals surface area contributed by atoms with Crippen LogP contribution in [0.4, 0.5) is 0 Å².